The maximum Gasteiger partial charge on any atom is 0.233 e. The third-order valence-electron chi connectivity index (χ3n) is 3.08. The molecule has 1 heterocycles. The predicted molar refractivity (Wildman–Crippen MR) is 76.2 cm³/mol. The molecule has 0 aromatic carbocycles. The van der Waals surface area contributed by atoms with Crippen LogP contribution in [0.5, 0.6) is 0 Å². The van der Waals surface area contributed by atoms with Gasteiger partial charge in [-0.2, -0.15) is 0 Å². The zero-order chi connectivity index (χ0) is 14.0. The van der Waals surface area contributed by atoms with Crippen LogP contribution >= 0.6 is 11.8 Å². The zero-order valence-corrected chi connectivity index (χ0v) is 12.8. The minimum absolute atomic E-state index is 0.0710. The van der Waals surface area contributed by atoms with Crippen LogP contribution in [0.15, 0.2) is 5.16 Å². The average Bonchev–Trinajstić information content (AvgIpc) is 3.12. The molecule has 1 amide bonds. The van der Waals surface area contributed by atoms with Crippen LogP contribution in [0.1, 0.15) is 45.5 Å². The van der Waals surface area contributed by atoms with E-state index in [0.717, 1.165) is 17.5 Å². The lowest BCUT2D eigenvalue weighted by molar-refractivity contribution is -0.120. The Kier molecular flexibility index (Phi) is 4.50. The molecular weight excluding hydrogens is 260 g/mol. The molecule has 5 nitrogen and oxygen atoms in total. The van der Waals surface area contributed by atoms with E-state index in [2.05, 4.69) is 33.9 Å². The Balaban J connectivity index is 1.95. The Morgan fingerprint density at radius 1 is 1.42 bits per heavy atom. The highest BCUT2D eigenvalue weighted by Gasteiger charge is 2.29. The van der Waals surface area contributed by atoms with Crippen LogP contribution in [0.25, 0.3) is 0 Å². The van der Waals surface area contributed by atoms with Crippen LogP contribution in [-0.2, 0) is 4.79 Å². The van der Waals surface area contributed by atoms with Gasteiger partial charge in [0.15, 0.2) is 5.16 Å². The van der Waals surface area contributed by atoms with Crippen molar-refractivity contribution in [1.82, 2.24) is 20.1 Å². The Morgan fingerprint density at radius 3 is 2.68 bits per heavy atom. The van der Waals surface area contributed by atoms with Gasteiger partial charge in [-0.3, -0.25) is 4.79 Å². The number of nitrogens with one attached hydrogen (secondary N) is 1. The molecule has 106 valence electrons. The number of amides is 1. The largest absolute Gasteiger partial charge is 0.355 e. The van der Waals surface area contributed by atoms with Crippen LogP contribution in [-0.4, -0.2) is 32.5 Å². The summed E-state index contributed by atoms with van der Waals surface area (Å²) in [6.07, 6.45) is 2.39. The molecule has 0 radical (unpaired) electrons. The van der Waals surface area contributed by atoms with E-state index in [9.17, 15) is 4.79 Å². The molecule has 0 bridgehead atoms. The van der Waals surface area contributed by atoms with Crippen molar-refractivity contribution in [3.8, 4) is 0 Å². The van der Waals surface area contributed by atoms with Crippen molar-refractivity contribution < 1.29 is 4.79 Å². The van der Waals surface area contributed by atoms with E-state index >= 15 is 0 Å². The minimum Gasteiger partial charge on any atom is -0.355 e. The van der Waals surface area contributed by atoms with Crippen LogP contribution in [0.3, 0.4) is 0 Å². The van der Waals surface area contributed by atoms with Crippen molar-refractivity contribution in [2.75, 3.05) is 6.54 Å². The molecule has 1 atom stereocenters. The second-order valence-electron chi connectivity index (χ2n) is 5.53. The first-order chi connectivity index (χ1) is 8.99. The number of hydrogen-bond acceptors (Lipinski definition) is 4. The van der Waals surface area contributed by atoms with Gasteiger partial charge in [0.25, 0.3) is 0 Å². The van der Waals surface area contributed by atoms with Gasteiger partial charge in [-0.15, -0.1) is 10.2 Å². The number of aromatic nitrogens is 3. The third kappa shape index (κ3) is 3.72. The minimum atomic E-state index is -0.139. The fourth-order valence-corrected chi connectivity index (χ4v) is 2.83. The molecule has 1 aromatic rings. The molecule has 1 saturated carbocycles. The van der Waals surface area contributed by atoms with Gasteiger partial charge in [-0.1, -0.05) is 25.6 Å². The summed E-state index contributed by atoms with van der Waals surface area (Å²) in [7, 11) is 0. The number of thioether (sulfide) groups is 1. The molecule has 6 heteroatoms. The molecule has 0 aliphatic heterocycles. The summed E-state index contributed by atoms with van der Waals surface area (Å²) in [5.41, 5.74) is 0. The normalized spacial score (nSPS) is 16.7. The lowest BCUT2D eigenvalue weighted by Gasteiger charge is -2.13. The Labute approximate surface area is 118 Å². The van der Waals surface area contributed by atoms with E-state index in [1.807, 2.05) is 13.8 Å². The summed E-state index contributed by atoms with van der Waals surface area (Å²) in [5.74, 6) is 1.49. The zero-order valence-electron chi connectivity index (χ0n) is 12.0. The van der Waals surface area contributed by atoms with Gasteiger partial charge in [-0.05, 0) is 32.6 Å². The van der Waals surface area contributed by atoms with Gasteiger partial charge in [0.05, 0.1) is 5.25 Å². The number of carbonyl (C=O) groups is 1. The van der Waals surface area contributed by atoms with E-state index in [4.69, 9.17) is 0 Å². The molecule has 1 aliphatic rings. The van der Waals surface area contributed by atoms with E-state index < -0.39 is 0 Å². The summed E-state index contributed by atoms with van der Waals surface area (Å²) in [6.45, 7) is 8.79. The highest BCUT2D eigenvalue weighted by molar-refractivity contribution is 8.00. The number of carbonyl (C=O) groups excluding carboxylic acids is 1. The lowest BCUT2D eigenvalue weighted by atomic mass is 10.2. The van der Waals surface area contributed by atoms with Gasteiger partial charge in [-0.25, -0.2) is 0 Å². The topological polar surface area (TPSA) is 59.8 Å². The van der Waals surface area contributed by atoms with Gasteiger partial charge in [0.2, 0.25) is 5.91 Å². The number of aryl methyl sites for hydroxylation is 1. The van der Waals surface area contributed by atoms with Crippen LogP contribution in [0.2, 0.25) is 0 Å². The van der Waals surface area contributed by atoms with Crippen LogP contribution in [0.4, 0.5) is 0 Å². The van der Waals surface area contributed by atoms with E-state index in [1.54, 1.807) is 0 Å². The molecule has 19 heavy (non-hydrogen) atoms. The van der Waals surface area contributed by atoms with Crippen LogP contribution < -0.4 is 5.32 Å². The molecule has 0 spiro atoms. The predicted octanol–water partition coefficient (Wildman–Crippen LogP) is 2.17. The summed E-state index contributed by atoms with van der Waals surface area (Å²) in [4.78, 5) is 12.0. The van der Waals surface area contributed by atoms with Gasteiger partial charge in [0.1, 0.15) is 5.82 Å². The van der Waals surface area contributed by atoms with E-state index in [1.165, 1.54) is 24.6 Å². The summed E-state index contributed by atoms with van der Waals surface area (Å²) in [5, 5.41) is 12.0. The van der Waals surface area contributed by atoms with Gasteiger partial charge < -0.3 is 9.88 Å². The van der Waals surface area contributed by atoms with Crippen molar-refractivity contribution in [3.05, 3.63) is 5.82 Å². The quantitative estimate of drug-likeness (QED) is 0.812. The van der Waals surface area contributed by atoms with Gasteiger partial charge >= 0.3 is 0 Å². The average molecular weight is 282 g/mol. The third-order valence-corrected chi connectivity index (χ3v) is 4.14. The maximum atomic E-state index is 12.0. The van der Waals surface area contributed by atoms with Gasteiger partial charge in [0, 0.05) is 12.6 Å². The van der Waals surface area contributed by atoms with Crippen molar-refractivity contribution in [3.63, 3.8) is 0 Å². The number of nitrogens with zero attached hydrogens (tertiary/aromatic N) is 3. The smallest absolute Gasteiger partial charge is 0.233 e. The van der Waals surface area contributed by atoms with Crippen molar-refractivity contribution in [2.24, 2.45) is 5.92 Å². The standard InChI is InChI=1S/C13H22N4OS/c1-8(2)7-14-12(18)9(3)19-13-16-15-10(4)17(13)11-5-6-11/h8-9,11H,5-7H2,1-4H3,(H,14,18)/t9-/m0/s1. The molecule has 1 aromatic heterocycles. The van der Waals surface area contributed by atoms with Crippen molar-refractivity contribution in [1.29, 1.82) is 0 Å². The first-order valence-corrected chi connectivity index (χ1v) is 7.73. The molecule has 0 saturated heterocycles. The summed E-state index contributed by atoms with van der Waals surface area (Å²) >= 11 is 1.50. The Bertz CT molecular complexity index is 453. The number of hydrogen-bond donors (Lipinski definition) is 1. The summed E-state index contributed by atoms with van der Waals surface area (Å²) in [6, 6.07) is 0.545. The van der Waals surface area contributed by atoms with E-state index in [-0.39, 0.29) is 11.2 Å². The molecule has 0 unspecified atom stereocenters. The highest BCUT2D eigenvalue weighted by atomic mass is 32.2. The molecular formula is C13H22N4OS. The number of rotatable bonds is 6. The molecule has 2 rings (SSSR count). The molecule has 1 aliphatic carbocycles. The summed E-state index contributed by atoms with van der Waals surface area (Å²) < 4.78 is 2.16. The maximum absolute atomic E-state index is 12.0. The lowest BCUT2D eigenvalue weighted by Crippen LogP contribution is -2.33. The van der Waals surface area contributed by atoms with Crippen molar-refractivity contribution in [2.45, 2.75) is 57.0 Å². The SMILES string of the molecule is Cc1nnc(S[C@@H](C)C(=O)NCC(C)C)n1C1CC1. The Hall–Kier alpha value is -1.04. The molecule has 1 fully saturated rings. The Morgan fingerprint density at radius 2 is 2.11 bits per heavy atom. The van der Waals surface area contributed by atoms with E-state index in [0.29, 0.717) is 12.0 Å². The monoisotopic (exact) mass is 282 g/mol. The first-order valence-electron chi connectivity index (χ1n) is 6.85. The molecule has 1 N–H and O–H groups in total. The fourth-order valence-electron chi connectivity index (χ4n) is 1.84. The fraction of sp³-hybridized carbons (Fsp3) is 0.769. The van der Waals surface area contributed by atoms with Crippen LogP contribution in [0, 0.1) is 12.8 Å². The van der Waals surface area contributed by atoms with Crippen molar-refractivity contribution >= 4 is 17.7 Å². The second kappa shape index (κ2) is 5.94. The first kappa shape index (κ1) is 14.4. The highest BCUT2D eigenvalue weighted by Crippen LogP contribution is 2.39. The second-order valence-corrected chi connectivity index (χ2v) is 6.84.